The predicted octanol–water partition coefficient (Wildman–Crippen LogP) is 3.93. The Morgan fingerprint density at radius 2 is 1.96 bits per heavy atom. The number of hydrogen-bond acceptors (Lipinski definition) is 5. The molecule has 0 spiro atoms. The first kappa shape index (κ1) is 23.1. The van der Waals surface area contributed by atoms with E-state index in [0.717, 1.165) is 0 Å². The number of rotatable bonds is 7. The molecule has 1 N–H and O–H groups in total. The molecular weight excluding hydrogens is 373 g/mol. The Morgan fingerprint density at radius 3 is 2.52 bits per heavy atom. The van der Waals surface area contributed by atoms with Gasteiger partial charge in [0.05, 0.1) is 6.61 Å². The summed E-state index contributed by atoms with van der Waals surface area (Å²) < 4.78 is 35.6. The third-order valence-electron chi connectivity index (χ3n) is 3.78. The van der Waals surface area contributed by atoms with E-state index in [1.807, 2.05) is 6.92 Å². The number of halogens is 1. The summed E-state index contributed by atoms with van der Waals surface area (Å²) in [6.07, 6.45) is 1.79. The van der Waals surface area contributed by atoms with Crippen molar-refractivity contribution in [2.45, 2.75) is 52.7 Å². The van der Waals surface area contributed by atoms with Crippen LogP contribution in [0.25, 0.3) is 0 Å². The van der Waals surface area contributed by atoms with Crippen molar-refractivity contribution in [1.82, 2.24) is 5.32 Å². The maximum atomic E-state index is 14.3. The zero-order valence-corrected chi connectivity index (χ0v) is 17.3. The highest BCUT2D eigenvalue weighted by Gasteiger charge is 2.19. The van der Waals surface area contributed by atoms with E-state index in [0.29, 0.717) is 24.0 Å². The number of ether oxygens (including phenoxy) is 2. The summed E-state index contributed by atoms with van der Waals surface area (Å²) in [6.45, 7) is 7.27. The van der Waals surface area contributed by atoms with Crippen LogP contribution in [0.4, 0.5) is 14.0 Å². The molecule has 27 heavy (non-hydrogen) atoms. The maximum absolute atomic E-state index is 14.3. The molecule has 2 atom stereocenters. The smallest absolute Gasteiger partial charge is 0.407 e. The van der Waals surface area contributed by atoms with Gasteiger partial charge in [0.25, 0.3) is 0 Å². The molecule has 1 rings (SSSR count). The van der Waals surface area contributed by atoms with E-state index in [4.69, 9.17) is 9.47 Å². The summed E-state index contributed by atoms with van der Waals surface area (Å²) >= 11 is 0. The molecule has 1 amide bonds. The fourth-order valence-electron chi connectivity index (χ4n) is 2.37. The van der Waals surface area contributed by atoms with E-state index in [-0.39, 0.29) is 19.1 Å². The average molecular weight is 402 g/mol. The van der Waals surface area contributed by atoms with Gasteiger partial charge in [0.15, 0.2) is 0 Å². The van der Waals surface area contributed by atoms with Crippen LogP contribution in [0.1, 0.15) is 45.2 Å². The Kier molecular flexibility index (Phi) is 8.88. The van der Waals surface area contributed by atoms with Crippen LogP contribution in [0.5, 0.6) is 0 Å². The summed E-state index contributed by atoms with van der Waals surface area (Å²) in [5, 5.41) is 1.80. The Balaban J connectivity index is 2.80. The van der Waals surface area contributed by atoms with Crippen molar-refractivity contribution in [3.8, 4) is 0 Å². The zero-order valence-electron chi connectivity index (χ0n) is 16.5. The minimum absolute atomic E-state index is 0.00782. The van der Waals surface area contributed by atoms with Gasteiger partial charge in [0.1, 0.15) is 22.2 Å². The summed E-state index contributed by atoms with van der Waals surface area (Å²) in [4.78, 5) is 23.2. The Morgan fingerprint density at radius 1 is 1.30 bits per heavy atom. The van der Waals surface area contributed by atoms with Crippen LogP contribution in [0.15, 0.2) is 18.2 Å². The van der Waals surface area contributed by atoms with E-state index in [1.165, 1.54) is 12.3 Å². The molecule has 1 aromatic carbocycles. The topological polar surface area (TPSA) is 81.7 Å². The molecule has 0 heterocycles. The van der Waals surface area contributed by atoms with Crippen molar-refractivity contribution in [2.24, 2.45) is 5.92 Å². The van der Waals surface area contributed by atoms with Gasteiger partial charge in [-0.1, -0.05) is 19.1 Å². The van der Waals surface area contributed by atoms with E-state index in [9.17, 15) is 18.2 Å². The monoisotopic (exact) mass is 401 g/mol. The van der Waals surface area contributed by atoms with Crippen LogP contribution in [-0.4, -0.2) is 34.1 Å². The van der Waals surface area contributed by atoms with Crippen molar-refractivity contribution in [1.29, 1.82) is 0 Å². The van der Waals surface area contributed by atoms with Crippen LogP contribution in [0, 0.1) is 11.7 Å². The van der Waals surface area contributed by atoms with Crippen LogP contribution in [0.2, 0.25) is 0 Å². The Hall–Kier alpha value is -1.96. The van der Waals surface area contributed by atoms with Crippen LogP contribution < -0.4 is 5.32 Å². The van der Waals surface area contributed by atoms with Crippen LogP contribution in [0.3, 0.4) is 0 Å². The van der Waals surface area contributed by atoms with Gasteiger partial charge in [-0.2, -0.15) is 0 Å². The standard InChI is InChI=1S/C19H28FNO5S/c1-6-13(12-25-18(23)27(5)24)10-14-8-7-9-16(20)15(14)11-21-17(22)26-19(2,3)4/h7-9,13H,6,10-12H2,1-5H3,(H,21,22). The fraction of sp³-hybridized carbons (Fsp3) is 0.579. The first-order chi connectivity index (χ1) is 12.5. The maximum Gasteiger partial charge on any atom is 0.407 e. The fourth-order valence-corrected chi connectivity index (χ4v) is 2.60. The molecular formula is C19H28FNO5S. The summed E-state index contributed by atoms with van der Waals surface area (Å²) in [5.41, 5.74) is 0.442. The Labute approximate surface area is 162 Å². The lowest BCUT2D eigenvalue weighted by molar-refractivity contribution is 0.0523. The first-order valence-electron chi connectivity index (χ1n) is 8.76. The Bertz CT molecular complexity index is 687. The quantitative estimate of drug-likeness (QED) is 0.700. The SMILES string of the molecule is CCC(COC(=O)S(C)=O)Cc1cccc(F)c1CNC(=O)OC(C)(C)C. The number of carbonyl (C=O) groups excluding carboxylic acids is 2. The number of benzene rings is 1. The van der Waals surface area contributed by atoms with Gasteiger partial charge in [-0.05, 0) is 51.2 Å². The lowest BCUT2D eigenvalue weighted by Gasteiger charge is -2.21. The van der Waals surface area contributed by atoms with Gasteiger partial charge in [-0.15, -0.1) is 0 Å². The van der Waals surface area contributed by atoms with E-state index >= 15 is 0 Å². The molecule has 0 aliphatic heterocycles. The number of nitrogens with one attached hydrogen (secondary N) is 1. The van der Waals surface area contributed by atoms with Gasteiger partial charge in [-0.3, -0.25) is 0 Å². The molecule has 0 aliphatic rings. The van der Waals surface area contributed by atoms with Crippen molar-refractivity contribution >= 4 is 22.2 Å². The third-order valence-corrected chi connectivity index (χ3v) is 4.37. The van der Waals surface area contributed by atoms with Gasteiger partial charge in [0.2, 0.25) is 0 Å². The van der Waals surface area contributed by atoms with E-state index < -0.39 is 33.6 Å². The predicted molar refractivity (Wildman–Crippen MR) is 102 cm³/mol. The largest absolute Gasteiger partial charge is 0.456 e. The second-order valence-corrected chi connectivity index (χ2v) is 8.47. The number of hydrogen-bond donors (Lipinski definition) is 1. The van der Waals surface area contributed by atoms with Crippen molar-refractivity contribution < 1.29 is 27.7 Å². The van der Waals surface area contributed by atoms with Gasteiger partial charge < -0.3 is 14.8 Å². The van der Waals surface area contributed by atoms with E-state index in [1.54, 1.807) is 32.9 Å². The molecule has 152 valence electrons. The molecule has 8 heteroatoms. The average Bonchev–Trinajstić information content (AvgIpc) is 2.55. The molecule has 1 aromatic rings. The number of amides is 1. The minimum Gasteiger partial charge on any atom is -0.456 e. The second-order valence-electron chi connectivity index (χ2n) is 7.23. The molecule has 0 bridgehead atoms. The molecule has 0 aliphatic carbocycles. The highest BCUT2D eigenvalue weighted by Crippen LogP contribution is 2.20. The molecule has 0 fully saturated rings. The first-order valence-corrected chi connectivity index (χ1v) is 10.3. The van der Waals surface area contributed by atoms with Crippen LogP contribution in [-0.2, 0) is 33.2 Å². The van der Waals surface area contributed by atoms with Gasteiger partial charge >= 0.3 is 11.4 Å². The van der Waals surface area contributed by atoms with Crippen LogP contribution >= 0.6 is 0 Å². The normalized spacial score (nSPS) is 13.6. The third kappa shape index (κ3) is 8.51. The number of carbonyl (C=O) groups is 2. The highest BCUT2D eigenvalue weighted by atomic mass is 32.2. The summed E-state index contributed by atoms with van der Waals surface area (Å²) in [5.74, 6) is -0.482. The van der Waals surface area contributed by atoms with Gasteiger partial charge in [0, 0.05) is 18.4 Å². The van der Waals surface area contributed by atoms with Crippen molar-refractivity contribution in [3.63, 3.8) is 0 Å². The molecule has 0 saturated heterocycles. The lowest BCUT2D eigenvalue weighted by Crippen LogP contribution is -2.32. The highest BCUT2D eigenvalue weighted by molar-refractivity contribution is 7.99. The number of alkyl carbamates (subject to hydrolysis) is 1. The van der Waals surface area contributed by atoms with E-state index in [2.05, 4.69) is 5.32 Å². The molecule has 0 aromatic heterocycles. The molecule has 2 unspecified atom stereocenters. The zero-order chi connectivity index (χ0) is 20.6. The van der Waals surface area contributed by atoms with Gasteiger partial charge in [-0.25, -0.2) is 18.2 Å². The second kappa shape index (κ2) is 10.4. The summed E-state index contributed by atoms with van der Waals surface area (Å²) in [7, 11) is -1.68. The molecule has 0 saturated carbocycles. The minimum atomic E-state index is -1.68. The lowest BCUT2D eigenvalue weighted by atomic mass is 9.94. The van der Waals surface area contributed by atoms with Crippen molar-refractivity contribution in [2.75, 3.05) is 12.9 Å². The molecule has 6 nitrogen and oxygen atoms in total. The summed E-state index contributed by atoms with van der Waals surface area (Å²) in [6, 6.07) is 4.70. The van der Waals surface area contributed by atoms with Crippen molar-refractivity contribution in [3.05, 3.63) is 35.1 Å². The molecule has 0 radical (unpaired) electrons.